The minimum atomic E-state index is -0.451. The van der Waals surface area contributed by atoms with Crippen molar-refractivity contribution in [1.82, 2.24) is 0 Å². The van der Waals surface area contributed by atoms with Crippen molar-refractivity contribution < 1.29 is 14.4 Å². The van der Waals surface area contributed by atoms with Crippen molar-refractivity contribution in [2.24, 2.45) is 0 Å². The Hall–Kier alpha value is -2.56. The molecule has 0 saturated carbocycles. The summed E-state index contributed by atoms with van der Waals surface area (Å²) in [4.78, 5) is 10.6. The highest BCUT2D eigenvalue weighted by Crippen LogP contribution is 2.39. The molecule has 0 unspecified atom stereocenters. The molecule has 2 rings (SSSR count). The molecule has 5 nitrogen and oxygen atoms in total. The van der Waals surface area contributed by atoms with E-state index in [1.165, 1.54) is 6.07 Å². The molecule has 0 fully saturated rings. The summed E-state index contributed by atoms with van der Waals surface area (Å²) < 4.78 is 10.6. The van der Waals surface area contributed by atoms with E-state index in [2.05, 4.69) is 6.92 Å². The lowest BCUT2D eigenvalue weighted by Crippen LogP contribution is -1.95. The van der Waals surface area contributed by atoms with E-state index in [1.807, 2.05) is 0 Å². The number of nitro groups is 1. The second-order valence-electron chi connectivity index (χ2n) is 4.14. The summed E-state index contributed by atoms with van der Waals surface area (Å²) in [7, 11) is 3.09. The first kappa shape index (κ1) is 13.9. The van der Waals surface area contributed by atoms with Crippen LogP contribution in [0.1, 0.15) is 5.56 Å². The van der Waals surface area contributed by atoms with Crippen molar-refractivity contribution in [3.05, 3.63) is 59.0 Å². The fourth-order valence-electron chi connectivity index (χ4n) is 2.03. The molecule has 0 amide bonds. The molecule has 0 atom stereocenters. The standard InChI is InChI=1S/C15H14NO4/c1-10-7-8-11(9-12(10)16(17)18)15-13(19-2)5-4-6-14(15)20-3/h4-9H,1H2,2-3H3. The van der Waals surface area contributed by atoms with Crippen molar-refractivity contribution in [2.75, 3.05) is 14.2 Å². The predicted molar refractivity (Wildman–Crippen MR) is 76.1 cm³/mol. The van der Waals surface area contributed by atoms with Gasteiger partial charge in [-0.3, -0.25) is 10.1 Å². The van der Waals surface area contributed by atoms with Gasteiger partial charge in [0, 0.05) is 11.6 Å². The lowest BCUT2D eigenvalue weighted by molar-refractivity contribution is -0.385. The Bertz CT molecular complexity index is 630. The third-order valence-corrected chi connectivity index (χ3v) is 3.00. The summed E-state index contributed by atoms with van der Waals surface area (Å²) in [5.74, 6) is 1.19. The molecule has 0 heterocycles. The van der Waals surface area contributed by atoms with Gasteiger partial charge in [-0.05, 0) is 24.6 Å². The van der Waals surface area contributed by atoms with Crippen LogP contribution < -0.4 is 9.47 Å². The van der Waals surface area contributed by atoms with Crippen LogP contribution in [0.15, 0.2) is 36.4 Å². The van der Waals surface area contributed by atoms with Crippen molar-refractivity contribution in [2.45, 2.75) is 0 Å². The Morgan fingerprint density at radius 1 is 1.10 bits per heavy atom. The van der Waals surface area contributed by atoms with E-state index in [9.17, 15) is 10.1 Å². The third-order valence-electron chi connectivity index (χ3n) is 3.00. The molecule has 0 N–H and O–H groups in total. The molecule has 0 aromatic heterocycles. The molecule has 0 aliphatic carbocycles. The summed E-state index contributed by atoms with van der Waals surface area (Å²) in [6.45, 7) is 3.66. The first-order valence-corrected chi connectivity index (χ1v) is 5.90. The number of methoxy groups -OCH3 is 2. The minimum Gasteiger partial charge on any atom is -0.496 e. The largest absolute Gasteiger partial charge is 0.496 e. The van der Waals surface area contributed by atoms with E-state index in [1.54, 1.807) is 44.6 Å². The van der Waals surface area contributed by atoms with Crippen LogP contribution >= 0.6 is 0 Å². The Kier molecular flexibility index (Phi) is 3.89. The van der Waals surface area contributed by atoms with Gasteiger partial charge in [0.2, 0.25) is 0 Å². The predicted octanol–water partition coefficient (Wildman–Crippen LogP) is 3.46. The van der Waals surface area contributed by atoms with Crippen molar-refractivity contribution in [3.8, 4) is 22.6 Å². The van der Waals surface area contributed by atoms with Gasteiger partial charge in [0.1, 0.15) is 11.5 Å². The second-order valence-corrected chi connectivity index (χ2v) is 4.14. The molecule has 103 valence electrons. The number of hydrogen-bond acceptors (Lipinski definition) is 4. The maximum Gasteiger partial charge on any atom is 0.273 e. The van der Waals surface area contributed by atoms with E-state index in [0.717, 1.165) is 0 Å². The Labute approximate surface area is 116 Å². The quantitative estimate of drug-likeness (QED) is 0.631. The molecule has 0 saturated heterocycles. The highest BCUT2D eigenvalue weighted by atomic mass is 16.6. The topological polar surface area (TPSA) is 61.6 Å². The molecular formula is C15H14NO4. The Morgan fingerprint density at radius 3 is 2.20 bits per heavy atom. The Balaban J connectivity index is 2.68. The third kappa shape index (κ3) is 2.42. The van der Waals surface area contributed by atoms with Crippen LogP contribution in [0, 0.1) is 17.0 Å². The maximum absolute atomic E-state index is 11.0. The van der Waals surface area contributed by atoms with Gasteiger partial charge < -0.3 is 9.47 Å². The summed E-state index contributed by atoms with van der Waals surface area (Å²) in [6.07, 6.45) is 0. The van der Waals surface area contributed by atoms with Gasteiger partial charge in [-0.15, -0.1) is 0 Å². The number of nitro benzene ring substituents is 1. The summed E-state index contributed by atoms with van der Waals surface area (Å²) in [5.41, 5.74) is 1.67. The summed E-state index contributed by atoms with van der Waals surface area (Å²) >= 11 is 0. The molecule has 5 heteroatoms. The van der Waals surface area contributed by atoms with Gasteiger partial charge in [-0.1, -0.05) is 18.2 Å². The monoisotopic (exact) mass is 272 g/mol. The van der Waals surface area contributed by atoms with Crippen molar-refractivity contribution >= 4 is 5.69 Å². The molecule has 20 heavy (non-hydrogen) atoms. The molecule has 0 aliphatic heterocycles. The molecule has 0 bridgehead atoms. The van der Waals surface area contributed by atoms with Gasteiger partial charge in [0.25, 0.3) is 5.69 Å². The highest BCUT2D eigenvalue weighted by molar-refractivity contribution is 5.78. The van der Waals surface area contributed by atoms with Crippen molar-refractivity contribution in [3.63, 3.8) is 0 Å². The number of rotatable bonds is 4. The molecule has 1 radical (unpaired) electrons. The van der Waals surface area contributed by atoms with E-state index in [4.69, 9.17) is 9.47 Å². The van der Waals surface area contributed by atoms with Gasteiger partial charge in [-0.25, -0.2) is 0 Å². The van der Waals surface area contributed by atoms with Crippen LogP contribution in [0.2, 0.25) is 0 Å². The van der Waals surface area contributed by atoms with Crippen LogP contribution in [0.4, 0.5) is 5.69 Å². The van der Waals surface area contributed by atoms with Crippen LogP contribution in [0.25, 0.3) is 11.1 Å². The smallest absolute Gasteiger partial charge is 0.273 e. The molecule has 0 aliphatic rings. The lowest BCUT2D eigenvalue weighted by atomic mass is 10.0. The first-order valence-electron chi connectivity index (χ1n) is 5.90. The van der Waals surface area contributed by atoms with Gasteiger partial charge in [0.15, 0.2) is 0 Å². The molecule has 2 aromatic rings. The van der Waals surface area contributed by atoms with E-state index < -0.39 is 4.92 Å². The highest BCUT2D eigenvalue weighted by Gasteiger charge is 2.17. The average molecular weight is 272 g/mol. The summed E-state index contributed by atoms with van der Waals surface area (Å²) in [6, 6.07) is 10.2. The second kappa shape index (κ2) is 5.61. The lowest BCUT2D eigenvalue weighted by Gasteiger charge is -2.13. The van der Waals surface area contributed by atoms with Crippen molar-refractivity contribution in [1.29, 1.82) is 0 Å². The average Bonchev–Trinajstić information content (AvgIpc) is 2.46. The number of ether oxygens (including phenoxy) is 2. The van der Waals surface area contributed by atoms with Gasteiger partial charge in [0.05, 0.1) is 24.7 Å². The van der Waals surface area contributed by atoms with Crippen LogP contribution in [0.3, 0.4) is 0 Å². The number of nitrogens with zero attached hydrogens (tertiary/aromatic N) is 1. The normalized spacial score (nSPS) is 10.2. The van der Waals surface area contributed by atoms with Crippen LogP contribution in [-0.4, -0.2) is 19.1 Å². The fraction of sp³-hybridized carbons (Fsp3) is 0.133. The zero-order valence-electron chi connectivity index (χ0n) is 11.3. The molecular weight excluding hydrogens is 258 g/mol. The molecule has 2 aromatic carbocycles. The number of benzene rings is 2. The van der Waals surface area contributed by atoms with E-state index >= 15 is 0 Å². The van der Waals surface area contributed by atoms with E-state index in [0.29, 0.717) is 28.2 Å². The van der Waals surface area contributed by atoms with Gasteiger partial charge in [-0.2, -0.15) is 0 Å². The SMILES string of the molecule is [CH2]c1ccc(-c2c(OC)cccc2OC)cc1[N+](=O)[O-]. The van der Waals surface area contributed by atoms with Crippen LogP contribution in [-0.2, 0) is 0 Å². The van der Waals surface area contributed by atoms with Gasteiger partial charge >= 0.3 is 0 Å². The fourth-order valence-corrected chi connectivity index (χ4v) is 2.03. The molecule has 0 spiro atoms. The minimum absolute atomic E-state index is 0.0320. The first-order chi connectivity index (χ1) is 9.58. The zero-order valence-corrected chi connectivity index (χ0v) is 11.3. The summed E-state index contributed by atoms with van der Waals surface area (Å²) in [5, 5.41) is 11.0. The number of hydrogen-bond donors (Lipinski definition) is 0. The van der Waals surface area contributed by atoms with Crippen LogP contribution in [0.5, 0.6) is 11.5 Å². The van der Waals surface area contributed by atoms with E-state index in [-0.39, 0.29) is 5.69 Å². The zero-order chi connectivity index (χ0) is 14.7. The Morgan fingerprint density at radius 2 is 1.70 bits per heavy atom. The maximum atomic E-state index is 11.0.